The molecule has 92 valence electrons. The summed E-state index contributed by atoms with van der Waals surface area (Å²) in [4.78, 5) is 11.7. The molecule has 18 heavy (non-hydrogen) atoms. The molecule has 5 heteroatoms. The number of nitrogens with zero attached hydrogens (tertiary/aromatic N) is 1. The van der Waals surface area contributed by atoms with Crippen LogP contribution in [0.5, 0.6) is 5.75 Å². The van der Waals surface area contributed by atoms with E-state index in [9.17, 15) is 9.18 Å². The molecule has 0 saturated heterocycles. The molecule has 1 aromatic heterocycles. The van der Waals surface area contributed by atoms with E-state index >= 15 is 0 Å². The number of amides is 1. The van der Waals surface area contributed by atoms with E-state index in [0.717, 1.165) is 6.07 Å². The molecule has 2 rings (SSSR count). The van der Waals surface area contributed by atoms with Crippen molar-refractivity contribution in [1.82, 2.24) is 0 Å². The van der Waals surface area contributed by atoms with E-state index < -0.39 is 11.6 Å². The molecule has 1 heterocycles. The Morgan fingerprint density at radius 3 is 2.67 bits per heavy atom. The Morgan fingerprint density at radius 1 is 1.28 bits per heavy atom. The first kappa shape index (κ1) is 12.0. The van der Waals surface area contributed by atoms with Crippen molar-refractivity contribution in [2.24, 2.45) is 0 Å². The summed E-state index contributed by atoms with van der Waals surface area (Å²) in [5.74, 6) is -1.47. The molecule has 1 amide bonds. The normalized spacial score (nSPS) is 10.1. The SMILES string of the molecule is O=C(C[n+]1ccccc1)Nc1ccc(O)c(F)c1. The summed E-state index contributed by atoms with van der Waals surface area (Å²) in [7, 11) is 0. The van der Waals surface area contributed by atoms with Crippen LogP contribution in [0.2, 0.25) is 0 Å². The van der Waals surface area contributed by atoms with Crippen LogP contribution >= 0.6 is 0 Å². The Bertz CT molecular complexity index is 558. The van der Waals surface area contributed by atoms with Gasteiger partial charge in [-0.3, -0.25) is 4.79 Å². The average Bonchev–Trinajstić information content (AvgIpc) is 2.35. The minimum absolute atomic E-state index is 0.142. The second kappa shape index (κ2) is 5.27. The third-order valence-electron chi connectivity index (χ3n) is 2.33. The second-order valence-electron chi connectivity index (χ2n) is 3.76. The van der Waals surface area contributed by atoms with E-state index in [-0.39, 0.29) is 12.5 Å². The standard InChI is InChI=1S/C13H11FN2O2/c14-11-8-10(4-5-12(11)17)15-13(18)9-16-6-2-1-3-7-16/h1-8H,9H2,(H-,15,17,18)/p+1. The van der Waals surface area contributed by atoms with Gasteiger partial charge in [-0.1, -0.05) is 6.07 Å². The van der Waals surface area contributed by atoms with Crippen LogP contribution in [0, 0.1) is 5.82 Å². The minimum Gasteiger partial charge on any atom is -0.505 e. The fourth-order valence-electron chi connectivity index (χ4n) is 1.49. The van der Waals surface area contributed by atoms with E-state index in [2.05, 4.69) is 5.32 Å². The van der Waals surface area contributed by atoms with Gasteiger partial charge in [0.05, 0.1) is 0 Å². The van der Waals surface area contributed by atoms with Gasteiger partial charge in [-0.05, 0) is 12.1 Å². The van der Waals surface area contributed by atoms with Crippen molar-refractivity contribution in [3.05, 3.63) is 54.6 Å². The molecule has 0 unspecified atom stereocenters. The number of aromatic nitrogens is 1. The zero-order valence-corrected chi connectivity index (χ0v) is 9.51. The lowest BCUT2D eigenvalue weighted by atomic mass is 10.3. The summed E-state index contributed by atoms with van der Waals surface area (Å²) in [6.45, 7) is 0.142. The summed E-state index contributed by atoms with van der Waals surface area (Å²) in [6, 6.07) is 9.18. The molecule has 0 aliphatic rings. The quantitative estimate of drug-likeness (QED) is 0.637. The summed E-state index contributed by atoms with van der Waals surface area (Å²) < 4.78 is 14.8. The smallest absolute Gasteiger partial charge is 0.290 e. The van der Waals surface area contributed by atoms with Crippen molar-refractivity contribution >= 4 is 11.6 Å². The highest BCUT2D eigenvalue weighted by Gasteiger charge is 2.10. The fourth-order valence-corrected chi connectivity index (χ4v) is 1.49. The molecule has 0 spiro atoms. The van der Waals surface area contributed by atoms with Crippen LogP contribution in [0.25, 0.3) is 0 Å². The number of carbonyl (C=O) groups is 1. The number of aromatic hydroxyl groups is 1. The Labute approximate surface area is 103 Å². The van der Waals surface area contributed by atoms with Gasteiger partial charge in [-0.15, -0.1) is 0 Å². The zero-order valence-electron chi connectivity index (χ0n) is 9.51. The van der Waals surface area contributed by atoms with Crippen molar-refractivity contribution in [2.75, 3.05) is 5.32 Å². The van der Waals surface area contributed by atoms with Crippen LogP contribution in [-0.4, -0.2) is 11.0 Å². The maximum atomic E-state index is 13.1. The molecule has 0 saturated carbocycles. The zero-order chi connectivity index (χ0) is 13.0. The molecule has 1 aromatic carbocycles. The van der Waals surface area contributed by atoms with Gasteiger partial charge in [-0.2, -0.15) is 4.57 Å². The van der Waals surface area contributed by atoms with Gasteiger partial charge in [0.2, 0.25) is 6.54 Å². The first-order valence-corrected chi connectivity index (χ1v) is 5.37. The number of anilines is 1. The molecule has 0 aliphatic carbocycles. The number of phenols is 1. The monoisotopic (exact) mass is 247 g/mol. The van der Waals surface area contributed by atoms with Crippen molar-refractivity contribution in [3.63, 3.8) is 0 Å². The van der Waals surface area contributed by atoms with Crippen LogP contribution in [-0.2, 0) is 11.3 Å². The highest BCUT2D eigenvalue weighted by molar-refractivity contribution is 5.89. The van der Waals surface area contributed by atoms with E-state index in [0.29, 0.717) is 5.69 Å². The highest BCUT2D eigenvalue weighted by Crippen LogP contribution is 2.19. The first-order valence-electron chi connectivity index (χ1n) is 5.37. The third-order valence-corrected chi connectivity index (χ3v) is 2.33. The van der Waals surface area contributed by atoms with Crippen LogP contribution in [0.3, 0.4) is 0 Å². The van der Waals surface area contributed by atoms with Crippen LogP contribution in [0.1, 0.15) is 0 Å². The molecule has 0 radical (unpaired) electrons. The molecule has 2 aromatic rings. The number of nitrogens with one attached hydrogen (secondary N) is 1. The second-order valence-corrected chi connectivity index (χ2v) is 3.76. The third kappa shape index (κ3) is 3.04. The maximum absolute atomic E-state index is 13.1. The van der Waals surface area contributed by atoms with Crippen molar-refractivity contribution < 1.29 is 18.9 Å². The van der Waals surface area contributed by atoms with Gasteiger partial charge in [0.1, 0.15) is 0 Å². The lowest BCUT2D eigenvalue weighted by Crippen LogP contribution is -2.39. The molecule has 0 fully saturated rings. The fraction of sp³-hybridized carbons (Fsp3) is 0.0769. The molecule has 0 atom stereocenters. The number of carbonyl (C=O) groups excluding carboxylic acids is 1. The Hall–Kier alpha value is -2.43. The van der Waals surface area contributed by atoms with E-state index in [4.69, 9.17) is 5.11 Å². The molecule has 0 bridgehead atoms. The lowest BCUT2D eigenvalue weighted by molar-refractivity contribution is -0.684. The topological polar surface area (TPSA) is 53.2 Å². The predicted octanol–water partition coefficient (Wildman–Crippen LogP) is 1.46. The maximum Gasteiger partial charge on any atom is 0.290 e. The van der Waals surface area contributed by atoms with Crippen molar-refractivity contribution in [3.8, 4) is 5.75 Å². The van der Waals surface area contributed by atoms with Crippen molar-refractivity contribution in [1.29, 1.82) is 0 Å². The van der Waals surface area contributed by atoms with Gasteiger partial charge in [-0.25, -0.2) is 4.39 Å². The minimum atomic E-state index is -0.764. The summed E-state index contributed by atoms with van der Waals surface area (Å²) >= 11 is 0. The van der Waals surface area contributed by atoms with E-state index in [1.54, 1.807) is 17.0 Å². The largest absolute Gasteiger partial charge is 0.505 e. The first-order chi connectivity index (χ1) is 8.65. The molecule has 4 nitrogen and oxygen atoms in total. The van der Waals surface area contributed by atoms with Crippen LogP contribution < -0.4 is 9.88 Å². The predicted molar refractivity (Wildman–Crippen MR) is 63.3 cm³/mol. The number of benzene rings is 1. The highest BCUT2D eigenvalue weighted by atomic mass is 19.1. The Balaban J connectivity index is 2.01. The van der Waals surface area contributed by atoms with Gasteiger partial charge < -0.3 is 10.4 Å². The van der Waals surface area contributed by atoms with Crippen molar-refractivity contribution in [2.45, 2.75) is 6.54 Å². The van der Waals surface area contributed by atoms with Crippen LogP contribution in [0.4, 0.5) is 10.1 Å². The number of phenolic OH excluding ortho intramolecular Hbond substituents is 1. The summed E-state index contributed by atoms with van der Waals surface area (Å²) in [5, 5.41) is 11.6. The molecular weight excluding hydrogens is 235 g/mol. The summed E-state index contributed by atoms with van der Waals surface area (Å²) in [6.07, 6.45) is 3.52. The Morgan fingerprint density at radius 2 is 2.00 bits per heavy atom. The molecule has 2 N–H and O–H groups in total. The number of rotatable bonds is 3. The summed E-state index contributed by atoms with van der Waals surface area (Å²) in [5.41, 5.74) is 0.312. The number of halogens is 1. The van der Waals surface area contributed by atoms with Gasteiger partial charge in [0, 0.05) is 23.9 Å². The number of hydrogen-bond acceptors (Lipinski definition) is 2. The van der Waals surface area contributed by atoms with Gasteiger partial charge >= 0.3 is 0 Å². The Kier molecular flexibility index (Phi) is 3.52. The van der Waals surface area contributed by atoms with Gasteiger partial charge in [0.25, 0.3) is 5.91 Å². The van der Waals surface area contributed by atoms with E-state index in [1.165, 1.54) is 12.1 Å². The van der Waals surface area contributed by atoms with Gasteiger partial charge in [0.15, 0.2) is 24.0 Å². The molecule has 0 aliphatic heterocycles. The number of hydrogen-bond donors (Lipinski definition) is 2. The van der Waals surface area contributed by atoms with Crippen LogP contribution in [0.15, 0.2) is 48.8 Å². The van der Waals surface area contributed by atoms with E-state index in [1.807, 2.05) is 18.2 Å². The average molecular weight is 247 g/mol. The number of pyridine rings is 1. The lowest BCUT2D eigenvalue weighted by Gasteiger charge is -2.03. The molecular formula is C13H12FN2O2+.